The Morgan fingerprint density at radius 1 is 1.59 bits per heavy atom. The molecule has 3 N–H and O–H groups in total. The van der Waals surface area contributed by atoms with E-state index in [2.05, 4.69) is 9.72 Å². The molecule has 0 atom stereocenters. The highest BCUT2D eigenvalue weighted by molar-refractivity contribution is 5.95. The third-order valence-corrected chi connectivity index (χ3v) is 1.62. The molecule has 0 amide bonds. The maximum absolute atomic E-state index is 12.0. The van der Waals surface area contributed by atoms with Crippen LogP contribution in [-0.2, 0) is 0 Å². The zero-order valence-electron chi connectivity index (χ0n) is 7.95. The summed E-state index contributed by atoms with van der Waals surface area (Å²) >= 11 is 0. The summed E-state index contributed by atoms with van der Waals surface area (Å²) in [6.45, 7) is 0. The summed E-state index contributed by atoms with van der Waals surface area (Å²) < 4.78 is 39.3. The molecule has 0 aliphatic rings. The summed E-state index contributed by atoms with van der Waals surface area (Å²) in [5.41, 5.74) is 3.51. The smallest absolute Gasteiger partial charge is 0.478 e. The summed E-state index contributed by atoms with van der Waals surface area (Å²) in [4.78, 5) is 14.0. The first-order chi connectivity index (χ1) is 7.76. The number of anilines is 1. The maximum Gasteiger partial charge on any atom is 0.573 e. The van der Waals surface area contributed by atoms with Gasteiger partial charge in [-0.25, -0.2) is 9.78 Å². The fraction of sp³-hybridized carbons (Fsp3) is 0.125. The van der Waals surface area contributed by atoms with Crippen molar-refractivity contribution in [3.05, 3.63) is 17.3 Å². The number of nitriles is 1. The van der Waals surface area contributed by atoms with Crippen LogP contribution in [0.2, 0.25) is 0 Å². The molecule has 0 saturated carbocycles. The maximum atomic E-state index is 12.0. The second-order valence-electron chi connectivity index (χ2n) is 2.72. The Balaban J connectivity index is 3.42. The van der Waals surface area contributed by atoms with Crippen molar-refractivity contribution in [3.8, 4) is 11.8 Å². The van der Waals surface area contributed by atoms with Gasteiger partial charge in [-0.2, -0.15) is 5.26 Å². The molecule has 0 radical (unpaired) electrons. The number of rotatable bonds is 2. The number of aromatic carboxylic acids is 1. The molecule has 1 aromatic heterocycles. The highest BCUT2D eigenvalue weighted by atomic mass is 19.4. The molecule has 0 aromatic carbocycles. The zero-order valence-corrected chi connectivity index (χ0v) is 7.95. The number of carboxylic acid groups (broad SMARTS) is 1. The van der Waals surface area contributed by atoms with Crippen molar-refractivity contribution < 1.29 is 27.8 Å². The lowest BCUT2D eigenvalue weighted by molar-refractivity contribution is -0.274. The van der Waals surface area contributed by atoms with Crippen molar-refractivity contribution in [1.29, 1.82) is 5.26 Å². The molecule has 0 fully saturated rings. The van der Waals surface area contributed by atoms with Gasteiger partial charge < -0.3 is 15.6 Å². The van der Waals surface area contributed by atoms with Crippen molar-refractivity contribution in [2.45, 2.75) is 6.36 Å². The first-order valence-electron chi connectivity index (χ1n) is 3.94. The van der Waals surface area contributed by atoms with Gasteiger partial charge in [-0.3, -0.25) is 0 Å². The molecule has 6 nitrogen and oxygen atoms in total. The van der Waals surface area contributed by atoms with Crippen LogP contribution in [0.3, 0.4) is 0 Å². The number of halogens is 3. The van der Waals surface area contributed by atoms with E-state index in [1.54, 1.807) is 0 Å². The minimum Gasteiger partial charge on any atom is -0.478 e. The SMILES string of the molecule is N#Cc1c(N)ncc(OC(F)(F)F)c1C(=O)O. The summed E-state index contributed by atoms with van der Waals surface area (Å²) in [6, 6.07) is 1.36. The second kappa shape index (κ2) is 4.17. The van der Waals surface area contributed by atoms with E-state index in [-0.39, 0.29) is 0 Å². The lowest BCUT2D eigenvalue weighted by Gasteiger charge is -2.12. The van der Waals surface area contributed by atoms with Gasteiger partial charge >= 0.3 is 12.3 Å². The van der Waals surface area contributed by atoms with E-state index in [1.807, 2.05) is 0 Å². The van der Waals surface area contributed by atoms with Crippen molar-refractivity contribution in [3.63, 3.8) is 0 Å². The van der Waals surface area contributed by atoms with Crippen LogP contribution in [0, 0.1) is 11.3 Å². The van der Waals surface area contributed by atoms with Gasteiger partial charge in [-0.1, -0.05) is 0 Å². The first-order valence-corrected chi connectivity index (χ1v) is 3.94. The van der Waals surface area contributed by atoms with Gasteiger partial charge in [0.2, 0.25) is 0 Å². The molecule has 0 bridgehead atoms. The van der Waals surface area contributed by atoms with Crippen molar-refractivity contribution in [2.75, 3.05) is 5.73 Å². The molecule has 0 spiro atoms. The molecule has 1 heterocycles. The number of nitrogens with zero attached hydrogens (tertiary/aromatic N) is 2. The Morgan fingerprint density at radius 2 is 2.18 bits per heavy atom. The lowest BCUT2D eigenvalue weighted by atomic mass is 10.1. The minimum absolute atomic E-state index is 0.487. The fourth-order valence-electron chi connectivity index (χ4n) is 1.04. The Morgan fingerprint density at radius 3 is 2.59 bits per heavy atom. The van der Waals surface area contributed by atoms with E-state index in [0.29, 0.717) is 6.20 Å². The number of nitrogens with two attached hydrogens (primary N) is 1. The van der Waals surface area contributed by atoms with E-state index >= 15 is 0 Å². The largest absolute Gasteiger partial charge is 0.573 e. The summed E-state index contributed by atoms with van der Waals surface area (Å²) in [5, 5.41) is 17.3. The Bertz CT molecular complexity index is 507. The van der Waals surface area contributed by atoms with E-state index in [9.17, 15) is 18.0 Å². The molecular formula is C8H4F3N3O3. The Kier molecular flexibility index (Phi) is 3.08. The average molecular weight is 247 g/mol. The highest BCUT2D eigenvalue weighted by Gasteiger charge is 2.34. The van der Waals surface area contributed by atoms with Crippen molar-refractivity contribution in [1.82, 2.24) is 4.98 Å². The van der Waals surface area contributed by atoms with Crippen LogP contribution >= 0.6 is 0 Å². The van der Waals surface area contributed by atoms with Gasteiger partial charge in [0.1, 0.15) is 23.0 Å². The molecule has 9 heteroatoms. The zero-order chi connectivity index (χ0) is 13.2. The number of hydrogen-bond donors (Lipinski definition) is 2. The number of carbonyl (C=O) groups is 1. The summed E-state index contributed by atoms with van der Waals surface area (Å²) in [6.07, 6.45) is -4.60. The van der Waals surface area contributed by atoms with Crippen LogP contribution in [0.25, 0.3) is 0 Å². The number of ether oxygens (including phenoxy) is 1. The topological polar surface area (TPSA) is 109 Å². The third kappa shape index (κ3) is 2.75. The van der Waals surface area contributed by atoms with E-state index in [4.69, 9.17) is 16.1 Å². The average Bonchev–Trinajstić information content (AvgIpc) is 2.17. The van der Waals surface area contributed by atoms with Gasteiger partial charge in [0.25, 0.3) is 0 Å². The third-order valence-electron chi connectivity index (χ3n) is 1.62. The molecule has 17 heavy (non-hydrogen) atoms. The molecule has 90 valence electrons. The van der Waals surface area contributed by atoms with E-state index in [0.717, 1.165) is 0 Å². The highest BCUT2D eigenvalue weighted by Crippen LogP contribution is 2.29. The molecule has 0 saturated heterocycles. The number of hydrogen-bond acceptors (Lipinski definition) is 5. The predicted octanol–water partition coefficient (Wildman–Crippen LogP) is 1.13. The van der Waals surface area contributed by atoms with Crippen LogP contribution in [0.4, 0.5) is 19.0 Å². The van der Waals surface area contributed by atoms with Crippen LogP contribution in [0.1, 0.15) is 15.9 Å². The van der Waals surface area contributed by atoms with Crippen molar-refractivity contribution in [2.24, 2.45) is 0 Å². The number of pyridine rings is 1. The Labute approximate surface area is 92.0 Å². The van der Waals surface area contributed by atoms with Gasteiger partial charge in [0, 0.05) is 0 Å². The molecule has 1 rings (SSSR count). The standard InChI is InChI=1S/C8H4F3N3O3/c9-8(10,11)17-4-2-14-6(13)3(1-12)5(4)7(15)16/h2H,(H2,13,14)(H,15,16). The predicted molar refractivity (Wildman–Crippen MR) is 47.0 cm³/mol. The normalized spacial score (nSPS) is 10.7. The lowest BCUT2D eigenvalue weighted by Crippen LogP contribution is -2.20. The molecule has 0 aliphatic carbocycles. The quantitative estimate of drug-likeness (QED) is 0.810. The van der Waals surface area contributed by atoms with Crippen LogP contribution in [-0.4, -0.2) is 22.4 Å². The summed E-state index contributed by atoms with van der Waals surface area (Å²) in [5.74, 6) is -3.34. The molecule has 0 unspecified atom stereocenters. The first kappa shape index (κ1) is 12.6. The fourth-order valence-corrected chi connectivity index (χ4v) is 1.04. The van der Waals surface area contributed by atoms with Crippen LogP contribution < -0.4 is 10.5 Å². The monoisotopic (exact) mass is 247 g/mol. The van der Waals surface area contributed by atoms with E-state index in [1.165, 1.54) is 6.07 Å². The number of alkyl halides is 3. The van der Waals surface area contributed by atoms with Crippen LogP contribution in [0.15, 0.2) is 6.20 Å². The van der Waals surface area contributed by atoms with Gasteiger partial charge in [0.15, 0.2) is 5.75 Å². The summed E-state index contributed by atoms with van der Waals surface area (Å²) in [7, 11) is 0. The van der Waals surface area contributed by atoms with E-state index < -0.39 is 35.0 Å². The number of nitrogen functional groups attached to an aromatic ring is 1. The number of carboxylic acids is 1. The minimum atomic E-state index is -5.09. The van der Waals surface area contributed by atoms with Gasteiger partial charge in [-0.15, -0.1) is 13.2 Å². The van der Waals surface area contributed by atoms with Crippen LogP contribution in [0.5, 0.6) is 5.75 Å². The van der Waals surface area contributed by atoms with Gasteiger partial charge in [-0.05, 0) is 0 Å². The Hall–Kier alpha value is -2.50. The molecule has 0 aliphatic heterocycles. The molecule has 1 aromatic rings. The number of aromatic nitrogens is 1. The van der Waals surface area contributed by atoms with Gasteiger partial charge in [0.05, 0.1) is 6.20 Å². The van der Waals surface area contributed by atoms with Crippen molar-refractivity contribution >= 4 is 11.8 Å². The second-order valence-corrected chi connectivity index (χ2v) is 2.72. The molecular weight excluding hydrogens is 243 g/mol.